The second-order valence-electron chi connectivity index (χ2n) is 5.10. The van der Waals surface area contributed by atoms with Crippen molar-refractivity contribution < 1.29 is 13.5 Å². The maximum absolute atomic E-state index is 12.5. The number of aromatic nitrogens is 1. The first-order chi connectivity index (χ1) is 11.5. The van der Waals surface area contributed by atoms with Crippen LogP contribution in [0.25, 0.3) is 0 Å². The number of halogens is 2. The molecule has 0 spiro atoms. The van der Waals surface area contributed by atoms with Crippen molar-refractivity contribution in [3.8, 4) is 5.75 Å². The van der Waals surface area contributed by atoms with Crippen LogP contribution in [0.1, 0.15) is 16.3 Å². The van der Waals surface area contributed by atoms with Crippen molar-refractivity contribution in [2.24, 2.45) is 4.99 Å². The Morgan fingerprint density at radius 2 is 2.17 bits per heavy atom. The Hall–Kier alpha value is -2.22. The summed E-state index contributed by atoms with van der Waals surface area (Å²) in [6.07, 6.45) is 0. The minimum Gasteiger partial charge on any atom is -0.434 e. The molecule has 5 nitrogen and oxygen atoms in total. The van der Waals surface area contributed by atoms with Crippen molar-refractivity contribution in [3.05, 3.63) is 45.9 Å². The number of nitrogens with one attached hydrogen (secondary N) is 1. The molecule has 1 heterocycles. The Kier molecular flexibility index (Phi) is 6.48. The first-order valence-electron chi connectivity index (χ1n) is 7.35. The fourth-order valence-electron chi connectivity index (χ4n) is 2.22. The minimum atomic E-state index is -2.85. The third kappa shape index (κ3) is 5.16. The van der Waals surface area contributed by atoms with Crippen molar-refractivity contribution in [1.29, 1.82) is 0 Å². The van der Waals surface area contributed by atoms with Crippen LogP contribution in [-0.4, -0.2) is 36.6 Å². The second-order valence-corrected chi connectivity index (χ2v) is 6.16. The van der Waals surface area contributed by atoms with E-state index in [1.165, 1.54) is 6.07 Å². The molecule has 130 valence electrons. The molecule has 0 amide bonds. The molecule has 0 aliphatic rings. The highest BCUT2D eigenvalue weighted by Gasteiger charge is 2.12. The highest BCUT2D eigenvalue weighted by atomic mass is 32.1. The van der Waals surface area contributed by atoms with E-state index in [9.17, 15) is 8.78 Å². The fraction of sp³-hybridized carbons (Fsp3) is 0.375. The summed E-state index contributed by atoms with van der Waals surface area (Å²) in [6.45, 7) is 0.0529. The van der Waals surface area contributed by atoms with Crippen molar-refractivity contribution in [2.45, 2.75) is 26.6 Å². The third-order valence-corrected chi connectivity index (χ3v) is 4.09. The number of alkyl halides is 2. The number of ether oxygens (including phenoxy) is 1. The first kappa shape index (κ1) is 18.1. The lowest BCUT2D eigenvalue weighted by molar-refractivity contribution is -0.0504. The Morgan fingerprint density at radius 1 is 1.42 bits per heavy atom. The molecule has 0 bridgehead atoms. The zero-order valence-electron chi connectivity index (χ0n) is 13.8. The van der Waals surface area contributed by atoms with Gasteiger partial charge < -0.3 is 15.0 Å². The van der Waals surface area contributed by atoms with Crippen LogP contribution in [0.5, 0.6) is 5.75 Å². The molecule has 0 atom stereocenters. The molecule has 0 fully saturated rings. The topological polar surface area (TPSA) is 49.8 Å². The van der Waals surface area contributed by atoms with Crippen molar-refractivity contribution in [1.82, 2.24) is 15.2 Å². The van der Waals surface area contributed by atoms with E-state index in [2.05, 4.69) is 20.0 Å². The van der Waals surface area contributed by atoms with E-state index in [0.29, 0.717) is 24.6 Å². The Balaban J connectivity index is 1.98. The lowest BCUT2D eigenvalue weighted by Crippen LogP contribution is -2.38. The zero-order chi connectivity index (χ0) is 17.5. The van der Waals surface area contributed by atoms with Gasteiger partial charge in [-0.1, -0.05) is 18.2 Å². The van der Waals surface area contributed by atoms with Gasteiger partial charge in [0, 0.05) is 31.6 Å². The summed E-state index contributed by atoms with van der Waals surface area (Å²) in [4.78, 5) is 10.6. The van der Waals surface area contributed by atoms with Gasteiger partial charge in [-0.2, -0.15) is 8.78 Å². The molecule has 2 rings (SSSR count). The quantitative estimate of drug-likeness (QED) is 0.639. The van der Waals surface area contributed by atoms with Crippen molar-refractivity contribution in [2.75, 3.05) is 14.1 Å². The van der Waals surface area contributed by atoms with Gasteiger partial charge in [0.15, 0.2) is 5.96 Å². The number of rotatable bonds is 6. The third-order valence-electron chi connectivity index (χ3n) is 3.26. The SMILES string of the molecule is CN=C(NCc1ccccc1OC(F)F)N(C)Cc1csc(C)n1. The molecule has 2 aromatic rings. The number of aliphatic imine (C=N–C) groups is 1. The van der Waals surface area contributed by atoms with E-state index in [4.69, 9.17) is 0 Å². The second kappa shape index (κ2) is 8.58. The van der Waals surface area contributed by atoms with E-state index < -0.39 is 6.61 Å². The van der Waals surface area contributed by atoms with Crippen LogP contribution in [-0.2, 0) is 13.1 Å². The predicted octanol–water partition coefficient (Wildman–Crippen LogP) is 3.26. The summed E-state index contributed by atoms with van der Waals surface area (Å²) in [5.74, 6) is 0.806. The van der Waals surface area contributed by atoms with E-state index in [1.807, 2.05) is 24.3 Å². The molecule has 0 saturated heterocycles. The normalized spacial score (nSPS) is 11.7. The summed E-state index contributed by atoms with van der Waals surface area (Å²) in [5, 5.41) is 6.17. The van der Waals surface area contributed by atoms with Gasteiger partial charge in [0.25, 0.3) is 0 Å². The first-order valence-corrected chi connectivity index (χ1v) is 8.23. The van der Waals surface area contributed by atoms with Gasteiger partial charge in [0.05, 0.1) is 17.2 Å². The Morgan fingerprint density at radius 3 is 2.79 bits per heavy atom. The minimum absolute atomic E-state index is 0.160. The highest BCUT2D eigenvalue weighted by Crippen LogP contribution is 2.20. The maximum Gasteiger partial charge on any atom is 0.387 e. The number of benzene rings is 1. The van der Waals surface area contributed by atoms with Crippen LogP contribution in [0.4, 0.5) is 8.78 Å². The maximum atomic E-state index is 12.5. The number of nitrogens with zero attached hydrogens (tertiary/aromatic N) is 3. The van der Waals surface area contributed by atoms with Crippen LogP contribution >= 0.6 is 11.3 Å². The number of hydrogen-bond acceptors (Lipinski definition) is 4. The molecule has 0 aliphatic carbocycles. The van der Waals surface area contributed by atoms with Crippen LogP contribution in [0.15, 0.2) is 34.6 Å². The Labute approximate surface area is 144 Å². The smallest absolute Gasteiger partial charge is 0.387 e. The van der Waals surface area contributed by atoms with E-state index in [0.717, 1.165) is 10.7 Å². The van der Waals surface area contributed by atoms with Crippen LogP contribution in [0, 0.1) is 6.92 Å². The molecule has 0 unspecified atom stereocenters. The average Bonchev–Trinajstić information content (AvgIpc) is 2.94. The standard InChI is InChI=1S/C16H20F2N4OS/c1-11-21-13(10-24-11)9-22(3)16(19-2)20-8-12-6-4-5-7-14(12)23-15(17)18/h4-7,10,15H,8-9H2,1-3H3,(H,19,20). The molecular formula is C16H20F2N4OS. The van der Waals surface area contributed by atoms with Crippen molar-refractivity contribution >= 4 is 17.3 Å². The number of para-hydroxylation sites is 1. The van der Waals surface area contributed by atoms with Crippen LogP contribution in [0.3, 0.4) is 0 Å². The largest absolute Gasteiger partial charge is 0.434 e. The molecule has 0 saturated carbocycles. The van der Waals surface area contributed by atoms with Gasteiger partial charge in [-0.3, -0.25) is 4.99 Å². The molecule has 8 heteroatoms. The molecule has 24 heavy (non-hydrogen) atoms. The summed E-state index contributed by atoms with van der Waals surface area (Å²) < 4.78 is 29.4. The summed E-state index contributed by atoms with van der Waals surface area (Å²) in [6, 6.07) is 6.70. The molecule has 1 N–H and O–H groups in total. The molecule has 0 radical (unpaired) electrons. The summed E-state index contributed by atoms with van der Waals surface area (Å²) in [5.41, 5.74) is 1.60. The fourth-order valence-corrected chi connectivity index (χ4v) is 2.82. The van der Waals surface area contributed by atoms with E-state index in [1.54, 1.807) is 36.6 Å². The van der Waals surface area contributed by atoms with Crippen LogP contribution < -0.4 is 10.1 Å². The molecule has 1 aromatic heterocycles. The number of guanidine groups is 1. The van der Waals surface area contributed by atoms with Gasteiger partial charge in [-0.05, 0) is 13.0 Å². The Bertz CT molecular complexity index is 690. The van der Waals surface area contributed by atoms with Gasteiger partial charge in [0.1, 0.15) is 5.75 Å². The summed E-state index contributed by atoms with van der Waals surface area (Å²) >= 11 is 1.60. The molecule has 1 aromatic carbocycles. The van der Waals surface area contributed by atoms with E-state index in [-0.39, 0.29) is 5.75 Å². The monoisotopic (exact) mass is 354 g/mol. The van der Waals surface area contributed by atoms with Gasteiger partial charge >= 0.3 is 6.61 Å². The predicted molar refractivity (Wildman–Crippen MR) is 91.6 cm³/mol. The summed E-state index contributed by atoms with van der Waals surface area (Å²) in [7, 11) is 3.57. The molecular weight excluding hydrogens is 334 g/mol. The molecule has 0 aliphatic heterocycles. The average molecular weight is 354 g/mol. The number of hydrogen-bond donors (Lipinski definition) is 1. The van der Waals surface area contributed by atoms with E-state index >= 15 is 0 Å². The van der Waals surface area contributed by atoms with Crippen molar-refractivity contribution in [3.63, 3.8) is 0 Å². The highest BCUT2D eigenvalue weighted by molar-refractivity contribution is 7.09. The lowest BCUT2D eigenvalue weighted by atomic mass is 10.2. The zero-order valence-corrected chi connectivity index (χ0v) is 14.6. The van der Waals surface area contributed by atoms with Crippen LogP contribution in [0.2, 0.25) is 0 Å². The number of thiazole rings is 1. The van der Waals surface area contributed by atoms with Gasteiger partial charge in [-0.15, -0.1) is 11.3 Å². The van der Waals surface area contributed by atoms with Gasteiger partial charge in [0.2, 0.25) is 0 Å². The van der Waals surface area contributed by atoms with Gasteiger partial charge in [-0.25, -0.2) is 4.98 Å². The number of aryl methyl sites for hydroxylation is 1. The lowest BCUT2D eigenvalue weighted by Gasteiger charge is -2.21.